The normalized spacial score (nSPS) is 13.5. The standard InChI is InChI=1S/C16H15ClN4OS/c1-16(2,3)23(22)21-15(11-6-8-20-14(17)9-11)12-5-4-7-19-13(12)10-18/h4-9H,1-3H3/b21-15+. The smallest absolute Gasteiger partial charge is 0.150 e. The Bertz CT molecular complexity index is 780. The van der Waals surface area contributed by atoms with Crippen molar-refractivity contribution in [3.63, 3.8) is 0 Å². The van der Waals surface area contributed by atoms with E-state index in [1.165, 1.54) is 12.4 Å². The maximum Gasteiger partial charge on any atom is 0.150 e. The van der Waals surface area contributed by atoms with Crippen molar-refractivity contribution in [3.8, 4) is 6.07 Å². The Morgan fingerprint density at radius 1 is 1.30 bits per heavy atom. The molecule has 0 radical (unpaired) electrons. The van der Waals surface area contributed by atoms with E-state index in [0.29, 0.717) is 22.0 Å². The van der Waals surface area contributed by atoms with Crippen LogP contribution in [0.5, 0.6) is 0 Å². The summed E-state index contributed by atoms with van der Waals surface area (Å²) in [5.41, 5.74) is 1.76. The third-order valence-corrected chi connectivity index (χ3v) is 4.47. The third kappa shape index (κ3) is 4.29. The molecule has 0 spiro atoms. The van der Waals surface area contributed by atoms with Gasteiger partial charge in [-0.15, -0.1) is 0 Å². The third-order valence-electron chi connectivity index (χ3n) is 2.87. The molecule has 1 unspecified atom stereocenters. The summed E-state index contributed by atoms with van der Waals surface area (Å²) in [7, 11) is 0. The molecule has 23 heavy (non-hydrogen) atoms. The van der Waals surface area contributed by atoms with Crippen molar-refractivity contribution in [2.45, 2.75) is 25.5 Å². The molecule has 2 aromatic rings. The molecule has 2 heterocycles. The maximum atomic E-state index is 12.5. The SMILES string of the molecule is CC(C)(C)[S+]([O-])/N=C(\c1ccnc(Cl)c1)c1cccnc1C#N. The molecule has 0 saturated heterocycles. The van der Waals surface area contributed by atoms with Gasteiger partial charge in [0.25, 0.3) is 0 Å². The van der Waals surface area contributed by atoms with E-state index < -0.39 is 16.1 Å². The van der Waals surface area contributed by atoms with Gasteiger partial charge in [0.05, 0.1) is 0 Å². The van der Waals surface area contributed by atoms with Crippen LogP contribution in [0.1, 0.15) is 37.6 Å². The molecule has 7 heteroatoms. The van der Waals surface area contributed by atoms with Crippen molar-refractivity contribution in [3.05, 3.63) is 58.6 Å². The van der Waals surface area contributed by atoms with Gasteiger partial charge in [0.2, 0.25) is 0 Å². The Labute approximate surface area is 143 Å². The molecule has 0 N–H and O–H groups in total. The molecule has 2 aromatic heterocycles. The largest absolute Gasteiger partial charge is 0.591 e. The van der Waals surface area contributed by atoms with Crippen LogP contribution in [0.3, 0.4) is 0 Å². The Morgan fingerprint density at radius 3 is 2.65 bits per heavy atom. The van der Waals surface area contributed by atoms with Gasteiger partial charge in [-0.2, -0.15) is 5.26 Å². The molecule has 0 aliphatic rings. The number of pyridine rings is 2. The summed E-state index contributed by atoms with van der Waals surface area (Å²) in [6.45, 7) is 5.49. The molecule has 0 saturated carbocycles. The lowest BCUT2D eigenvalue weighted by molar-refractivity contribution is 0.561. The van der Waals surface area contributed by atoms with Gasteiger partial charge in [-0.1, -0.05) is 16.0 Å². The number of halogens is 1. The summed E-state index contributed by atoms with van der Waals surface area (Å²) in [4.78, 5) is 7.99. The zero-order valence-electron chi connectivity index (χ0n) is 12.9. The Morgan fingerprint density at radius 2 is 2.04 bits per heavy atom. The van der Waals surface area contributed by atoms with E-state index in [4.69, 9.17) is 11.6 Å². The van der Waals surface area contributed by atoms with E-state index in [2.05, 4.69) is 14.4 Å². The highest BCUT2D eigenvalue weighted by molar-refractivity contribution is 7.91. The minimum absolute atomic E-state index is 0.213. The maximum absolute atomic E-state index is 12.5. The molecule has 0 bridgehead atoms. The van der Waals surface area contributed by atoms with Crippen LogP contribution in [0, 0.1) is 11.3 Å². The fourth-order valence-corrected chi connectivity index (χ4v) is 2.53. The highest BCUT2D eigenvalue weighted by atomic mass is 35.5. The van der Waals surface area contributed by atoms with Gasteiger partial charge in [-0.3, -0.25) is 0 Å². The van der Waals surface area contributed by atoms with Gasteiger partial charge in [0.1, 0.15) is 38.7 Å². The molecule has 1 atom stereocenters. The van der Waals surface area contributed by atoms with Crippen LogP contribution in [0.25, 0.3) is 0 Å². The Hall–Kier alpha value is -1.94. The fourth-order valence-electron chi connectivity index (χ4n) is 1.71. The van der Waals surface area contributed by atoms with Crippen LogP contribution in [0.15, 0.2) is 41.1 Å². The lowest BCUT2D eigenvalue weighted by Gasteiger charge is -2.19. The van der Waals surface area contributed by atoms with E-state index in [-0.39, 0.29) is 5.69 Å². The molecule has 0 amide bonds. The van der Waals surface area contributed by atoms with Crippen LogP contribution in [-0.4, -0.2) is 25.0 Å². The molecule has 0 aliphatic heterocycles. The minimum atomic E-state index is -1.50. The van der Waals surface area contributed by atoms with Crippen LogP contribution < -0.4 is 0 Å². The van der Waals surface area contributed by atoms with E-state index in [0.717, 1.165) is 0 Å². The van der Waals surface area contributed by atoms with Gasteiger partial charge >= 0.3 is 0 Å². The highest BCUT2D eigenvalue weighted by Crippen LogP contribution is 2.22. The summed E-state index contributed by atoms with van der Waals surface area (Å²) >= 11 is 4.46. The summed E-state index contributed by atoms with van der Waals surface area (Å²) in [5.74, 6) is 0. The lowest BCUT2D eigenvalue weighted by atomic mass is 10.0. The molecule has 2 rings (SSSR count). The van der Waals surface area contributed by atoms with E-state index in [9.17, 15) is 9.81 Å². The fraction of sp³-hybridized carbons (Fsp3) is 0.250. The van der Waals surface area contributed by atoms with Crippen molar-refractivity contribution >= 4 is 28.7 Å². The van der Waals surface area contributed by atoms with Gasteiger partial charge < -0.3 is 4.55 Å². The number of aromatic nitrogens is 2. The second-order valence-electron chi connectivity index (χ2n) is 5.68. The predicted molar refractivity (Wildman–Crippen MR) is 91.7 cm³/mol. The summed E-state index contributed by atoms with van der Waals surface area (Å²) in [6.07, 6.45) is 3.07. The van der Waals surface area contributed by atoms with Crippen LogP contribution in [-0.2, 0) is 11.4 Å². The number of rotatable bonds is 3. The average molecular weight is 347 g/mol. The summed E-state index contributed by atoms with van der Waals surface area (Å²) < 4.78 is 16.3. The van der Waals surface area contributed by atoms with E-state index in [1.54, 1.807) is 24.3 Å². The molecular formula is C16H15ClN4OS. The second kappa shape index (κ2) is 7.09. The molecule has 0 fully saturated rings. The predicted octanol–water partition coefficient (Wildman–Crippen LogP) is 3.30. The minimum Gasteiger partial charge on any atom is -0.591 e. The van der Waals surface area contributed by atoms with Crippen LogP contribution in [0.2, 0.25) is 5.15 Å². The molecule has 0 aliphatic carbocycles. The molecule has 0 aromatic carbocycles. The van der Waals surface area contributed by atoms with E-state index >= 15 is 0 Å². The Kier molecular flexibility index (Phi) is 5.37. The molecular weight excluding hydrogens is 332 g/mol. The van der Waals surface area contributed by atoms with Crippen molar-refractivity contribution in [2.24, 2.45) is 4.40 Å². The molecule has 5 nitrogen and oxygen atoms in total. The van der Waals surface area contributed by atoms with Gasteiger partial charge in [-0.25, -0.2) is 9.97 Å². The van der Waals surface area contributed by atoms with Gasteiger partial charge in [0.15, 0.2) is 0 Å². The van der Waals surface area contributed by atoms with Crippen LogP contribution in [0.4, 0.5) is 0 Å². The average Bonchev–Trinajstić information content (AvgIpc) is 2.51. The van der Waals surface area contributed by atoms with Crippen molar-refractivity contribution in [1.82, 2.24) is 9.97 Å². The first-order valence-corrected chi connectivity index (χ1v) is 8.29. The number of hydrogen-bond acceptors (Lipinski definition) is 5. The zero-order chi connectivity index (χ0) is 17.0. The zero-order valence-corrected chi connectivity index (χ0v) is 14.5. The first-order valence-electron chi connectivity index (χ1n) is 6.81. The van der Waals surface area contributed by atoms with Crippen LogP contribution >= 0.6 is 11.6 Å². The van der Waals surface area contributed by atoms with Gasteiger partial charge in [0, 0.05) is 23.5 Å². The Balaban J connectivity index is 2.66. The first-order chi connectivity index (χ1) is 10.8. The number of nitriles is 1. The lowest BCUT2D eigenvalue weighted by Crippen LogP contribution is -2.27. The van der Waals surface area contributed by atoms with Gasteiger partial charge in [-0.05, 0) is 45.0 Å². The quantitative estimate of drug-likeness (QED) is 0.485. The highest BCUT2D eigenvalue weighted by Gasteiger charge is 2.28. The van der Waals surface area contributed by atoms with Crippen molar-refractivity contribution in [2.75, 3.05) is 0 Å². The second-order valence-corrected chi connectivity index (χ2v) is 7.97. The first kappa shape index (κ1) is 17.4. The molecule has 118 valence electrons. The van der Waals surface area contributed by atoms with E-state index in [1.807, 2.05) is 26.8 Å². The number of hydrogen-bond donors (Lipinski definition) is 0. The van der Waals surface area contributed by atoms with Crippen molar-refractivity contribution in [1.29, 1.82) is 5.26 Å². The summed E-state index contributed by atoms with van der Waals surface area (Å²) in [6, 6.07) is 8.78. The topological polar surface area (TPSA) is 85.0 Å². The summed E-state index contributed by atoms with van der Waals surface area (Å²) in [5, 5.41) is 9.57. The number of nitrogens with zero attached hydrogens (tertiary/aromatic N) is 4. The van der Waals surface area contributed by atoms with Crippen molar-refractivity contribution < 1.29 is 4.55 Å². The monoisotopic (exact) mass is 346 g/mol.